The van der Waals surface area contributed by atoms with Crippen molar-refractivity contribution in [1.29, 1.82) is 0 Å². The number of halogens is 1. The lowest BCUT2D eigenvalue weighted by Gasteiger charge is -2.06. The van der Waals surface area contributed by atoms with E-state index in [2.05, 4.69) is 21.2 Å². The van der Waals surface area contributed by atoms with Crippen LogP contribution >= 0.6 is 15.9 Å². The molecule has 0 aliphatic heterocycles. The number of carbonyl (C=O) groups excluding carboxylic acids is 1. The van der Waals surface area contributed by atoms with Gasteiger partial charge in [-0.3, -0.25) is 4.79 Å². The Morgan fingerprint density at radius 1 is 1.39 bits per heavy atom. The maximum Gasteiger partial charge on any atom is 0.220 e. The van der Waals surface area contributed by atoms with Crippen molar-refractivity contribution in [3.05, 3.63) is 34.3 Å². The van der Waals surface area contributed by atoms with Gasteiger partial charge in [-0.15, -0.1) is 0 Å². The molecule has 0 radical (unpaired) electrons. The molecule has 1 rings (SSSR count). The van der Waals surface area contributed by atoms with Crippen molar-refractivity contribution in [2.75, 3.05) is 26.4 Å². The van der Waals surface area contributed by atoms with Crippen LogP contribution in [0.3, 0.4) is 0 Å². The molecule has 5 heteroatoms. The summed E-state index contributed by atoms with van der Waals surface area (Å²) in [5.74, 6) is 0.0163. The third kappa shape index (κ3) is 6.74. The first-order chi connectivity index (χ1) is 8.72. The Morgan fingerprint density at radius 2 is 2.22 bits per heavy atom. The normalized spacial score (nSPS) is 10.3. The number of hydrogen-bond acceptors (Lipinski definition) is 3. The Kier molecular flexibility index (Phi) is 7.64. The third-order valence-electron chi connectivity index (χ3n) is 2.33. The number of aliphatic hydroxyl groups excluding tert-OH is 1. The van der Waals surface area contributed by atoms with Gasteiger partial charge in [0.2, 0.25) is 5.91 Å². The predicted octanol–water partition coefficient (Wildman–Crippen LogP) is 1.51. The molecule has 0 aromatic heterocycles. The minimum absolute atomic E-state index is 0.0107. The van der Waals surface area contributed by atoms with E-state index < -0.39 is 0 Å². The third-order valence-corrected chi connectivity index (χ3v) is 2.83. The van der Waals surface area contributed by atoms with E-state index in [1.807, 2.05) is 24.3 Å². The van der Waals surface area contributed by atoms with Gasteiger partial charge in [0.1, 0.15) is 0 Å². The summed E-state index contributed by atoms with van der Waals surface area (Å²) in [4.78, 5) is 11.5. The number of ether oxygens (including phenoxy) is 1. The molecule has 1 aromatic rings. The number of aliphatic hydroxyl groups is 1. The maximum atomic E-state index is 11.5. The first-order valence-corrected chi connectivity index (χ1v) is 6.71. The first-order valence-electron chi connectivity index (χ1n) is 5.92. The van der Waals surface area contributed by atoms with Crippen LogP contribution in [0, 0.1) is 0 Å². The minimum Gasteiger partial charge on any atom is -0.394 e. The molecule has 0 bridgehead atoms. The molecule has 18 heavy (non-hydrogen) atoms. The second kappa shape index (κ2) is 9.08. The minimum atomic E-state index is 0.0107. The molecule has 0 atom stereocenters. The van der Waals surface area contributed by atoms with Crippen LogP contribution in [0.25, 0.3) is 0 Å². The van der Waals surface area contributed by atoms with E-state index >= 15 is 0 Å². The van der Waals surface area contributed by atoms with E-state index in [0.29, 0.717) is 26.2 Å². The van der Waals surface area contributed by atoms with Gasteiger partial charge in [0.25, 0.3) is 0 Å². The second-order valence-electron chi connectivity index (χ2n) is 3.82. The largest absolute Gasteiger partial charge is 0.394 e. The van der Waals surface area contributed by atoms with Crippen LogP contribution in [0.4, 0.5) is 0 Å². The van der Waals surface area contributed by atoms with E-state index in [9.17, 15) is 4.79 Å². The van der Waals surface area contributed by atoms with Gasteiger partial charge in [0.05, 0.1) is 19.8 Å². The van der Waals surface area contributed by atoms with Gasteiger partial charge < -0.3 is 15.2 Å². The monoisotopic (exact) mass is 315 g/mol. The zero-order valence-electron chi connectivity index (χ0n) is 10.2. The standard InChI is InChI=1S/C13H18BrNO3/c14-12-3-1-2-11(10-12)4-5-13(17)15-6-8-18-9-7-16/h1-3,10,16H,4-9H2,(H,15,17). The molecule has 0 spiro atoms. The Hall–Kier alpha value is -0.910. The van der Waals surface area contributed by atoms with E-state index in [4.69, 9.17) is 9.84 Å². The number of aryl methyl sites for hydroxylation is 1. The molecular formula is C13H18BrNO3. The Morgan fingerprint density at radius 3 is 2.94 bits per heavy atom. The number of benzene rings is 1. The van der Waals surface area contributed by atoms with Gasteiger partial charge >= 0.3 is 0 Å². The van der Waals surface area contributed by atoms with E-state index in [1.54, 1.807) is 0 Å². The summed E-state index contributed by atoms with van der Waals surface area (Å²) in [5.41, 5.74) is 1.14. The highest BCUT2D eigenvalue weighted by Gasteiger charge is 2.02. The maximum absolute atomic E-state index is 11.5. The molecule has 100 valence electrons. The molecule has 1 amide bonds. The van der Waals surface area contributed by atoms with Crippen LogP contribution in [0.15, 0.2) is 28.7 Å². The van der Waals surface area contributed by atoms with Crippen LogP contribution in [0.2, 0.25) is 0 Å². The summed E-state index contributed by atoms with van der Waals surface area (Å²) in [6, 6.07) is 7.93. The van der Waals surface area contributed by atoms with Crippen molar-refractivity contribution in [2.45, 2.75) is 12.8 Å². The van der Waals surface area contributed by atoms with Crippen molar-refractivity contribution in [1.82, 2.24) is 5.32 Å². The highest BCUT2D eigenvalue weighted by molar-refractivity contribution is 9.10. The molecule has 0 saturated heterocycles. The average Bonchev–Trinajstić information content (AvgIpc) is 2.36. The predicted molar refractivity (Wildman–Crippen MR) is 73.4 cm³/mol. The number of carbonyl (C=O) groups is 1. The number of rotatable bonds is 8. The molecule has 1 aromatic carbocycles. The second-order valence-corrected chi connectivity index (χ2v) is 4.73. The van der Waals surface area contributed by atoms with Gasteiger partial charge in [-0.1, -0.05) is 28.1 Å². The summed E-state index contributed by atoms with van der Waals surface area (Å²) in [6.45, 7) is 1.24. The van der Waals surface area contributed by atoms with Gasteiger partial charge in [0, 0.05) is 17.4 Å². The van der Waals surface area contributed by atoms with Crippen LogP contribution in [-0.2, 0) is 16.0 Å². The molecule has 0 saturated carbocycles. The van der Waals surface area contributed by atoms with Crippen LogP contribution < -0.4 is 5.32 Å². The molecule has 0 aliphatic carbocycles. The zero-order chi connectivity index (χ0) is 13.2. The molecule has 4 nitrogen and oxygen atoms in total. The number of nitrogens with one attached hydrogen (secondary N) is 1. The lowest BCUT2D eigenvalue weighted by atomic mass is 10.1. The number of amides is 1. The average molecular weight is 316 g/mol. The smallest absolute Gasteiger partial charge is 0.220 e. The van der Waals surface area contributed by atoms with E-state index in [1.165, 1.54) is 0 Å². The molecule has 0 aliphatic rings. The van der Waals surface area contributed by atoms with Crippen molar-refractivity contribution in [3.8, 4) is 0 Å². The highest BCUT2D eigenvalue weighted by atomic mass is 79.9. The van der Waals surface area contributed by atoms with Crippen LogP contribution in [0.5, 0.6) is 0 Å². The SMILES string of the molecule is O=C(CCc1cccc(Br)c1)NCCOCCO. The Bertz CT molecular complexity index is 371. The molecule has 0 fully saturated rings. The first kappa shape index (κ1) is 15.1. The lowest BCUT2D eigenvalue weighted by Crippen LogP contribution is -2.27. The van der Waals surface area contributed by atoms with Gasteiger partial charge in [0.15, 0.2) is 0 Å². The van der Waals surface area contributed by atoms with Crippen molar-refractivity contribution in [2.24, 2.45) is 0 Å². The van der Waals surface area contributed by atoms with Gasteiger partial charge in [-0.25, -0.2) is 0 Å². The topological polar surface area (TPSA) is 58.6 Å². The Labute approximate surface area is 115 Å². The molecule has 2 N–H and O–H groups in total. The van der Waals surface area contributed by atoms with Crippen LogP contribution in [0.1, 0.15) is 12.0 Å². The summed E-state index contributed by atoms with van der Waals surface area (Å²) < 4.78 is 6.07. The fraction of sp³-hybridized carbons (Fsp3) is 0.462. The van der Waals surface area contributed by atoms with Crippen molar-refractivity contribution in [3.63, 3.8) is 0 Å². The van der Waals surface area contributed by atoms with Crippen LogP contribution in [-0.4, -0.2) is 37.4 Å². The van der Waals surface area contributed by atoms with E-state index in [0.717, 1.165) is 16.5 Å². The summed E-state index contributed by atoms with van der Waals surface area (Å²) in [6.07, 6.45) is 1.19. The fourth-order valence-electron chi connectivity index (χ4n) is 1.47. The Balaban J connectivity index is 2.13. The zero-order valence-corrected chi connectivity index (χ0v) is 11.8. The summed E-state index contributed by atoms with van der Waals surface area (Å²) in [5, 5.41) is 11.3. The van der Waals surface area contributed by atoms with Gasteiger partial charge in [-0.2, -0.15) is 0 Å². The highest BCUT2D eigenvalue weighted by Crippen LogP contribution is 2.12. The quantitative estimate of drug-likeness (QED) is 0.715. The van der Waals surface area contributed by atoms with Gasteiger partial charge in [-0.05, 0) is 24.1 Å². The lowest BCUT2D eigenvalue weighted by molar-refractivity contribution is -0.121. The molecule has 0 heterocycles. The van der Waals surface area contributed by atoms with Crippen molar-refractivity contribution < 1.29 is 14.6 Å². The molecule has 0 unspecified atom stereocenters. The number of hydrogen-bond donors (Lipinski definition) is 2. The fourth-order valence-corrected chi connectivity index (χ4v) is 1.91. The summed E-state index contributed by atoms with van der Waals surface area (Å²) >= 11 is 3.40. The van der Waals surface area contributed by atoms with E-state index in [-0.39, 0.29) is 12.5 Å². The summed E-state index contributed by atoms with van der Waals surface area (Å²) in [7, 11) is 0. The van der Waals surface area contributed by atoms with Crippen molar-refractivity contribution >= 4 is 21.8 Å². The molecular weight excluding hydrogens is 298 g/mol.